The van der Waals surface area contributed by atoms with E-state index < -0.39 is 5.51 Å². The maximum absolute atomic E-state index is 12.3. The number of nitriles is 1. The standard InChI is InChI=1S/C10H8F3N3S2/c1-17-9(15-6-14)16-7-4-2-3-5-8(7)18-10(11,12)13/h2-5H,1H3,(H,15,16). The lowest BCUT2D eigenvalue weighted by atomic mass is 10.3. The van der Waals surface area contributed by atoms with Crippen LogP contribution >= 0.6 is 23.5 Å². The Kier molecular flexibility index (Phi) is 5.37. The van der Waals surface area contributed by atoms with Gasteiger partial charge in [-0.15, -0.1) is 0 Å². The first-order chi connectivity index (χ1) is 8.46. The molecule has 0 saturated heterocycles. The Labute approximate surface area is 110 Å². The number of nitrogens with zero attached hydrogens (tertiary/aromatic N) is 2. The summed E-state index contributed by atoms with van der Waals surface area (Å²) in [5.41, 5.74) is -4.19. The fourth-order valence-corrected chi connectivity index (χ4v) is 1.99. The van der Waals surface area contributed by atoms with Gasteiger partial charge in [0.05, 0.1) is 5.69 Å². The average molecular weight is 291 g/mol. The van der Waals surface area contributed by atoms with E-state index in [2.05, 4.69) is 10.3 Å². The first-order valence-electron chi connectivity index (χ1n) is 4.59. The Hall–Kier alpha value is -1.33. The van der Waals surface area contributed by atoms with E-state index in [1.807, 2.05) is 0 Å². The molecule has 1 rings (SSSR count). The maximum Gasteiger partial charge on any atom is 0.446 e. The number of thioether (sulfide) groups is 2. The van der Waals surface area contributed by atoms with E-state index in [-0.39, 0.29) is 27.5 Å². The third-order valence-corrected chi connectivity index (χ3v) is 3.05. The van der Waals surface area contributed by atoms with Crippen LogP contribution in [-0.4, -0.2) is 16.9 Å². The topological polar surface area (TPSA) is 48.2 Å². The monoisotopic (exact) mass is 291 g/mol. The second kappa shape index (κ2) is 6.56. The van der Waals surface area contributed by atoms with Crippen molar-refractivity contribution in [1.82, 2.24) is 5.32 Å². The van der Waals surface area contributed by atoms with Gasteiger partial charge in [0, 0.05) is 4.90 Å². The Morgan fingerprint density at radius 2 is 2.06 bits per heavy atom. The SMILES string of the molecule is CSC(=Nc1ccccc1SC(F)(F)F)NC#N. The van der Waals surface area contributed by atoms with E-state index in [1.54, 1.807) is 18.5 Å². The molecule has 96 valence electrons. The summed E-state index contributed by atoms with van der Waals surface area (Å²) >= 11 is 0.913. The number of amidine groups is 1. The molecule has 0 aliphatic rings. The first kappa shape index (κ1) is 14.7. The minimum Gasteiger partial charge on any atom is -0.271 e. The van der Waals surface area contributed by atoms with E-state index in [0.717, 1.165) is 11.8 Å². The molecule has 0 radical (unpaired) electrons. The first-order valence-corrected chi connectivity index (χ1v) is 6.63. The van der Waals surface area contributed by atoms with Crippen LogP contribution in [0.4, 0.5) is 18.9 Å². The molecule has 0 heterocycles. The number of rotatable bonds is 2. The molecule has 0 aromatic heterocycles. The van der Waals surface area contributed by atoms with Gasteiger partial charge in [-0.2, -0.15) is 18.4 Å². The van der Waals surface area contributed by atoms with Crippen molar-refractivity contribution in [1.29, 1.82) is 5.26 Å². The van der Waals surface area contributed by atoms with Gasteiger partial charge in [-0.05, 0) is 30.2 Å². The smallest absolute Gasteiger partial charge is 0.271 e. The number of hydrogen-bond donors (Lipinski definition) is 1. The highest BCUT2D eigenvalue weighted by Gasteiger charge is 2.30. The molecule has 0 saturated carbocycles. The fourth-order valence-electron chi connectivity index (χ4n) is 1.04. The lowest BCUT2D eigenvalue weighted by molar-refractivity contribution is -0.0328. The predicted octanol–water partition coefficient (Wildman–Crippen LogP) is 3.72. The zero-order valence-corrected chi connectivity index (χ0v) is 10.8. The number of aliphatic imine (C=N–C) groups is 1. The molecule has 8 heteroatoms. The quantitative estimate of drug-likeness (QED) is 0.296. The zero-order chi connectivity index (χ0) is 13.6. The molecule has 1 N–H and O–H groups in total. The van der Waals surface area contributed by atoms with Crippen molar-refractivity contribution in [3.05, 3.63) is 24.3 Å². The van der Waals surface area contributed by atoms with E-state index >= 15 is 0 Å². The third kappa shape index (κ3) is 4.89. The molecule has 0 unspecified atom stereocenters. The van der Waals surface area contributed by atoms with E-state index in [9.17, 15) is 13.2 Å². The summed E-state index contributed by atoms with van der Waals surface area (Å²) in [6.45, 7) is 0. The van der Waals surface area contributed by atoms with Crippen molar-refractivity contribution in [3.63, 3.8) is 0 Å². The molecular weight excluding hydrogens is 283 g/mol. The van der Waals surface area contributed by atoms with Gasteiger partial charge in [0.15, 0.2) is 11.4 Å². The van der Waals surface area contributed by atoms with Crippen molar-refractivity contribution in [2.45, 2.75) is 10.4 Å². The molecule has 0 spiro atoms. The predicted molar refractivity (Wildman–Crippen MR) is 67.7 cm³/mol. The summed E-state index contributed by atoms with van der Waals surface area (Å²) in [6.07, 6.45) is 3.35. The van der Waals surface area contributed by atoms with Crippen molar-refractivity contribution in [3.8, 4) is 6.19 Å². The van der Waals surface area contributed by atoms with Crippen LogP contribution in [-0.2, 0) is 0 Å². The van der Waals surface area contributed by atoms with Crippen LogP contribution in [0.2, 0.25) is 0 Å². The van der Waals surface area contributed by atoms with Crippen molar-refractivity contribution < 1.29 is 13.2 Å². The molecule has 0 fully saturated rings. The molecule has 0 aliphatic heterocycles. The highest BCUT2D eigenvalue weighted by atomic mass is 32.2. The van der Waals surface area contributed by atoms with Gasteiger partial charge in [-0.1, -0.05) is 23.9 Å². The zero-order valence-electron chi connectivity index (χ0n) is 9.15. The normalized spacial score (nSPS) is 12.1. The van der Waals surface area contributed by atoms with Crippen LogP contribution in [0.3, 0.4) is 0 Å². The molecule has 1 aromatic carbocycles. The molecule has 0 aliphatic carbocycles. The van der Waals surface area contributed by atoms with Gasteiger partial charge in [0.2, 0.25) is 0 Å². The Bertz CT molecular complexity index is 480. The van der Waals surface area contributed by atoms with Gasteiger partial charge >= 0.3 is 5.51 Å². The van der Waals surface area contributed by atoms with Gasteiger partial charge < -0.3 is 0 Å². The number of hydrogen-bond acceptors (Lipinski definition) is 4. The van der Waals surface area contributed by atoms with Crippen LogP contribution in [0.5, 0.6) is 0 Å². The van der Waals surface area contributed by atoms with Gasteiger partial charge in [0.1, 0.15) is 0 Å². The van der Waals surface area contributed by atoms with Crippen molar-refractivity contribution in [2.75, 3.05) is 6.26 Å². The van der Waals surface area contributed by atoms with Crippen molar-refractivity contribution in [2.24, 2.45) is 4.99 Å². The third-order valence-electron chi connectivity index (χ3n) is 1.67. The van der Waals surface area contributed by atoms with Crippen LogP contribution in [0.1, 0.15) is 0 Å². The number of benzene rings is 1. The highest BCUT2D eigenvalue weighted by Crippen LogP contribution is 2.41. The summed E-state index contributed by atoms with van der Waals surface area (Å²) in [5.74, 6) is 0. The summed E-state index contributed by atoms with van der Waals surface area (Å²) in [5, 5.41) is 11.0. The van der Waals surface area contributed by atoms with Crippen LogP contribution in [0.25, 0.3) is 0 Å². The fraction of sp³-hybridized carbons (Fsp3) is 0.200. The number of halogens is 3. The molecular formula is C10H8F3N3S2. The molecule has 1 aromatic rings. The van der Waals surface area contributed by atoms with Crippen molar-refractivity contribution >= 4 is 34.4 Å². The molecule has 0 bridgehead atoms. The Balaban J connectivity index is 3.06. The minimum atomic E-state index is -4.37. The average Bonchev–Trinajstić information content (AvgIpc) is 2.29. The minimum absolute atomic E-state index is 0.00344. The highest BCUT2D eigenvalue weighted by molar-refractivity contribution is 8.13. The van der Waals surface area contributed by atoms with Crippen LogP contribution < -0.4 is 5.32 Å². The van der Waals surface area contributed by atoms with Gasteiger partial charge in [-0.3, -0.25) is 5.32 Å². The number of para-hydroxylation sites is 1. The summed E-state index contributed by atoms with van der Waals surface area (Å²) in [6, 6.07) is 5.89. The van der Waals surface area contributed by atoms with E-state index in [4.69, 9.17) is 5.26 Å². The largest absolute Gasteiger partial charge is 0.446 e. The lowest BCUT2D eigenvalue weighted by Gasteiger charge is -2.08. The molecule has 0 amide bonds. The van der Waals surface area contributed by atoms with E-state index in [0.29, 0.717) is 0 Å². The molecule has 3 nitrogen and oxygen atoms in total. The molecule has 0 atom stereocenters. The van der Waals surface area contributed by atoms with Gasteiger partial charge in [0.25, 0.3) is 0 Å². The lowest BCUT2D eigenvalue weighted by Crippen LogP contribution is -2.12. The maximum atomic E-state index is 12.3. The second-order valence-corrected chi connectivity index (χ2v) is 4.78. The number of nitrogens with one attached hydrogen (secondary N) is 1. The molecule has 18 heavy (non-hydrogen) atoms. The Morgan fingerprint density at radius 1 is 1.39 bits per heavy atom. The van der Waals surface area contributed by atoms with Gasteiger partial charge in [-0.25, -0.2) is 4.99 Å². The van der Waals surface area contributed by atoms with Crippen LogP contribution in [0.15, 0.2) is 34.2 Å². The number of alkyl halides is 3. The Morgan fingerprint density at radius 3 is 2.61 bits per heavy atom. The van der Waals surface area contributed by atoms with E-state index in [1.165, 1.54) is 18.2 Å². The summed E-state index contributed by atoms with van der Waals surface area (Å²) in [4.78, 5) is 3.97. The summed E-state index contributed by atoms with van der Waals surface area (Å²) in [7, 11) is 0. The summed E-state index contributed by atoms with van der Waals surface area (Å²) < 4.78 is 37.0. The second-order valence-electron chi connectivity index (χ2n) is 2.87. The van der Waals surface area contributed by atoms with Crippen LogP contribution in [0, 0.1) is 11.5 Å².